The van der Waals surface area contributed by atoms with Crippen LogP contribution >= 0.6 is 0 Å². The topological polar surface area (TPSA) is 52.8 Å². The van der Waals surface area contributed by atoms with E-state index < -0.39 is 12.5 Å². The molecule has 0 atom stereocenters. The Balaban J connectivity index is 1.91. The highest BCUT2D eigenvalue weighted by Crippen LogP contribution is 2.29. The summed E-state index contributed by atoms with van der Waals surface area (Å²) in [6.45, 7) is -2.43. The first-order chi connectivity index (χ1) is 13.6. The van der Waals surface area contributed by atoms with E-state index in [1.165, 1.54) is 25.3 Å². The normalized spacial score (nSPS) is 11.5. The van der Waals surface area contributed by atoms with Crippen LogP contribution in [0.3, 0.4) is 0 Å². The van der Waals surface area contributed by atoms with Gasteiger partial charge in [0.1, 0.15) is 5.49 Å². The molecule has 5 nitrogen and oxygen atoms in total. The summed E-state index contributed by atoms with van der Waals surface area (Å²) in [5.74, 6) is -0.630. The molecule has 144 valence electrons. The lowest BCUT2D eigenvalue weighted by molar-refractivity contribution is -0.0512. The quantitative estimate of drug-likeness (QED) is 0.648. The highest BCUT2D eigenvalue weighted by atomic mass is 19.3. The number of aromatic nitrogens is 1. The molecule has 1 heterocycles. The SMILES string of the molecule is COc1cc(C(=O)N=c2ccccn2Cc2ccccc2)ccc1OC(F)F. The van der Waals surface area contributed by atoms with Gasteiger partial charge in [0.05, 0.1) is 7.11 Å². The Morgan fingerprint density at radius 1 is 1.04 bits per heavy atom. The predicted molar refractivity (Wildman–Crippen MR) is 99.5 cm³/mol. The third-order valence-corrected chi connectivity index (χ3v) is 3.96. The van der Waals surface area contributed by atoms with Gasteiger partial charge in [-0.2, -0.15) is 13.8 Å². The molecule has 0 spiro atoms. The van der Waals surface area contributed by atoms with Crippen molar-refractivity contribution in [1.29, 1.82) is 0 Å². The Kier molecular flexibility index (Phi) is 6.16. The van der Waals surface area contributed by atoms with Crippen LogP contribution < -0.4 is 15.0 Å². The molecule has 0 saturated carbocycles. The highest BCUT2D eigenvalue weighted by Gasteiger charge is 2.14. The first-order valence-electron chi connectivity index (χ1n) is 8.48. The summed E-state index contributed by atoms with van der Waals surface area (Å²) in [4.78, 5) is 16.8. The number of carbonyl (C=O) groups is 1. The van der Waals surface area contributed by atoms with Crippen LogP contribution in [-0.2, 0) is 6.54 Å². The monoisotopic (exact) mass is 384 g/mol. The van der Waals surface area contributed by atoms with E-state index in [-0.39, 0.29) is 17.1 Å². The van der Waals surface area contributed by atoms with Crippen LogP contribution in [0.2, 0.25) is 0 Å². The summed E-state index contributed by atoms with van der Waals surface area (Å²) in [6, 6.07) is 19.1. The van der Waals surface area contributed by atoms with Gasteiger partial charge in [-0.15, -0.1) is 0 Å². The second-order valence-corrected chi connectivity index (χ2v) is 5.83. The molecular formula is C21H18F2N2O3. The largest absolute Gasteiger partial charge is 0.493 e. The molecule has 0 saturated heterocycles. The summed E-state index contributed by atoms with van der Waals surface area (Å²) in [5, 5.41) is 0. The first kappa shape index (κ1) is 19.3. The van der Waals surface area contributed by atoms with Gasteiger partial charge in [-0.1, -0.05) is 36.4 Å². The van der Waals surface area contributed by atoms with Crippen LogP contribution in [0.4, 0.5) is 8.78 Å². The lowest BCUT2D eigenvalue weighted by atomic mass is 10.2. The maximum absolute atomic E-state index is 12.6. The Morgan fingerprint density at radius 2 is 1.79 bits per heavy atom. The molecule has 2 aromatic carbocycles. The fourth-order valence-corrected chi connectivity index (χ4v) is 2.65. The van der Waals surface area contributed by atoms with E-state index in [4.69, 9.17) is 4.74 Å². The van der Waals surface area contributed by atoms with Crippen molar-refractivity contribution < 1.29 is 23.0 Å². The van der Waals surface area contributed by atoms with Gasteiger partial charge in [-0.3, -0.25) is 4.79 Å². The lowest BCUT2D eigenvalue weighted by Gasteiger charge is -2.10. The smallest absolute Gasteiger partial charge is 0.387 e. The van der Waals surface area contributed by atoms with Crippen LogP contribution in [0.15, 0.2) is 77.9 Å². The number of amides is 1. The number of methoxy groups -OCH3 is 1. The zero-order valence-corrected chi connectivity index (χ0v) is 15.1. The van der Waals surface area contributed by atoms with Crippen molar-refractivity contribution in [2.24, 2.45) is 4.99 Å². The Bertz CT molecular complexity index is 1020. The van der Waals surface area contributed by atoms with Crippen LogP contribution in [0.1, 0.15) is 15.9 Å². The number of halogens is 2. The molecule has 0 aliphatic carbocycles. The summed E-state index contributed by atoms with van der Waals surface area (Å²) in [5.41, 5.74) is 1.74. The van der Waals surface area contributed by atoms with Crippen molar-refractivity contribution in [2.75, 3.05) is 7.11 Å². The fraction of sp³-hybridized carbons (Fsp3) is 0.143. The highest BCUT2D eigenvalue weighted by molar-refractivity contribution is 5.95. The standard InChI is InChI=1S/C21H18F2N2O3/c1-27-18-13-16(10-11-17(18)28-21(22)23)20(26)24-19-9-5-6-12-25(19)14-15-7-3-2-4-8-15/h2-13,21H,14H2,1H3. The molecule has 0 radical (unpaired) electrons. The van der Waals surface area contributed by atoms with Gasteiger partial charge >= 0.3 is 6.61 Å². The van der Waals surface area contributed by atoms with E-state index >= 15 is 0 Å². The third kappa shape index (κ3) is 4.82. The van der Waals surface area contributed by atoms with Crippen LogP contribution in [0.5, 0.6) is 11.5 Å². The van der Waals surface area contributed by atoms with E-state index in [0.29, 0.717) is 12.0 Å². The van der Waals surface area contributed by atoms with E-state index in [1.807, 2.05) is 47.2 Å². The number of nitrogens with zero attached hydrogens (tertiary/aromatic N) is 2. The summed E-state index contributed by atoms with van der Waals surface area (Å²) >= 11 is 0. The summed E-state index contributed by atoms with van der Waals surface area (Å²) in [6.07, 6.45) is 1.83. The molecule has 0 unspecified atom stereocenters. The van der Waals surface area contributed by atoms with Crippen molar-refractivity contribution in [3.63, 3.8) is 0 Å². The van der Waals surface area contributed by atoms with Crippen molar-refractivity contribution >= 4 is 5.91 Å². The molecule has 3 rings (SSSR count). The minimum atomic E-state index is -2.98. The number of pyridine rings is 1. The second kappa shape index (κ2) is 8.94. The minimum Gasteiger partial charge on any atom is -0.493 e. The van der Waals surface area contributed by atoms with Crippen LogP contribution in [0.25, 0.3) is 0 Å². The molecule has 3 aromatic rings. The molecule has 1 amide bonds. The Hall–Kier alpha value is -3.48. The summed E-state index contributed by atoms with van der Waals surface area (Å²) in [7, 11) is 1.31. The van der Waals surface area contributed by atoms with E-state index in [0.717, 1.165) is 5.56 Å². The number of carbonyl (C=O) groups excluding carboxylic acids is 1. The van der Waals surface area contributed by atoms with Gasteiger partial charge in [-0.25, -0.2) is 0 Å². The van der Waals surface area contributed by atoms with Gasteiger partial charge < -0.3 is 14.0 Å². The zero-order valence-electron chi connectivity index (χ0n) is 15.1. The lowest BCUT2D eigenvalue weighted by Crippen LogP contribution is -2.22. The minimum absolute atomic E-state index is 0.0339. The van der Waals surface area contributed by atoms with Crippen LogP contribution in [0, 0.1) is 0 Å². The van der Waals surface area contributed by atoms with Gasteiger partial charge in [0.2, 0.25) is 0 Å². The second-order valence-electron chi connectivity index (χ2n) is 5.83. The maximum atomic E-state index is 12.6. The molecular weight excluding hydrogens is 366 g/mol. The number of hydrogen-bond donors (Lipinski definition) is 0. The van der Waals surface area contributed by atoms with Gasteiger partial charge in [0.25, 0.3) is 5.91 Å². The fourth-order valence-electron chi connectivity index (χ4n) is 2.65. The van der Waals surface area contributed by atoms with Crippen molar-refractivity contribution in [3.05, 3.63) is 89.5 Å². The third-order valence-electron chi connectivity index (χ3n) is 3.96. The van der Waals surface area contributed by atoms with Gasteiger partial charge in [-0.05, 0) is 35.9 Å². The molecule has 1 aromatic heterocycles. The zero-order chi connectivity index (χ0) is 19.9. The molecule has 0 fully saturated rings. The summed E-state index contributed by atoms with van der Waals surface area (Å²) < 4.78 is 36.1. The molecule has 0 N–H and O–H groups in total. The molecule has 28 heavy (non-hydrogen) atoms. The number of ether oxygens (including phenoxy) is 2. The molecule has 7 heteroatoms. The first-order valence-corrected chi connectivity index (χ1v) is 8.48. The number of benzene rings is 2. The van der Waals surface area contributed by atoms with Crippen molar-refractivity contribution in [1.82, 2.24) is 4.57 Å². The Morgan fingerprint density at radius 3 is 2.50 bits per heavy atom. The number of alkyl halides is 2. The van der Waals surface area contributed by atoms with Crippen LogP contribution in [-0.4, -0.2) is 24.2 Å². The average molecular weight is 384 g/mol. The molecule has 0 bridgehead atoms. The van der Waals surface area contributed by atoms with E-state index in [2.05, 4.69) is 9.73 Å². The van der Waals surface area contributed by atoms with Crippen molar-refractivity contribution in [3.8, 4) is 11.5 Å². The van der Waals surface area contributed by atoms with Crippen molar-refractivity contribution in [2.45, 2.75) is 13.2 Å². The Labute approximate surface area is 160 Å². The molecule has 0 aliphatic rings. The average Bonchev–Trinajstić information content (AvgIpc) is 2.70. The van der Waals surface area contributed by atoms with Gasteiger partial charge in [0, 0.05) is 18.3 Å². The number of hydrogen-bond acceptors (Lipinski definition) is 3. The maximum Gasteiger partial charge on any atom is 0.387 e. The van der Waals surface area contributed by atoms with E-state index in [9.17, 15) is 13.6 Å². The molecule has 0 aliphatic heterocycles. The number of rotatable bonds is 6. The predicted octanol–water partition coefficient (Wildman–Crippen LogP) is 3.89. The van der Waals surface area contributed by atoms with Gasteiger partial charge in [0.15, 0.2) is 11.5 Å². The van der Waals surface area contributed by atoms with E-state index in [1.54, 1.807) is 12.1 Å².